The second-order valence-electron chi connectivity index (χ2n) is 6.54. The van der Waals surface area contributed by atoms with Gasteiger partial charge in [0.15, 0.2) is 5.96 Å². The van der Waals surface area contributed by atoms with Gasteiger partial charge in [-0.05, 0) is 48.7 Å². The molecule has 0 unspecified atom stereocenters. The number of aliphatic imine (C=N–C) groups is 1. The second kappa shape index (κ2) is 10.3. The van der Waals surface area contributed by atoms with Crippen LogP contribution in [0.1, 0.15) is 23.4 Å². The summed E-state index contributed by atoms with van der Waals surface area (Å²) in [4.78, 5) is 4.30. The van der Waals surface area contributed by atoms with E-state index in [0.717, 1.165) is 37.7 Å². The van der Waals surface area contributed by atoms with Gasteiger partial charge in [-0.15, -0.1) is 24.0 Å². The van der Waals surface area contributed by atoms with Crippen molar-refractivity contribution in [3.05, 3.63) is 65.5 Å². The fourth-order valence-electron chi connectivity index (χ4n) is 3.09. The van der Waals surface area contributed by atoms with Gasteiger partial charge in [0.1, 0.15) is 0 Å². The molecule has 0 radical (unpaired) electrons. The molecule has 6 heteroatoms. The van der Waals surface area contributed by atoms with Crippen LogP contribution in [0.3, 0.4) is 0 Å². The van der Waals surface area contributed by atoms with Crippen LogP contribution in [0.5, 0.6) is 0 Å². The zero-order chi connectivity index (χ0) is 18.4. The third-order valence-corrected chi connectivity index (χ3v) is 4.44. The number of nitrogens with zero attached hydrogens (tertiary/aromatic N) is 3. The summed E-state index contributed by atoms with van der Waals surface area (Å²) in [5.74, 6) is 0.825. The molecule has 0 aliphatic rings. The summed E-state index contributed by atoms with van der Waals surface area (Å²) in [6.07, 6.45) is 0.999. The molecule has 0 aliphatic carbocycles. The number of guanidine groups is 1. The minimum atomic E-state index is 0. The van der Waals surface area contributed by atoms with Gasteiger partial charge in [-0.25, -0.2) is 0 Å². The summed E-state index contributed by atoms with van der Waals surface area (Å²) in [5.41, 5.74) is 3.53. The lowest BCUT2D eigenvalue weighted by molar-refractivity contribution is 0.555. The van der Waals surface area contributed by atoms with E-state index in [4.69, 9.17) is 0 Å². The van der Waals surface area contributed by atoms with Crippen molar-refractivity contribution in [1.29, 1.82) is 0 Å². The van der Waals surface area contributed by atoms with Gasteiger partial charge < -0.3 is 10.6 Å². The second-order valence-corrected chi connectivity index (χ2v) is 6.54. The predicted octanol–water partition coefficient (Wildman–Crippen LogP) is 4.03. The van der Waals surface area contributed by atoms with Crippen LogP contribution < -0.4 is 10.6 Å². The normalized spacial score (nSPS) is 11.3. The maximum Gasteiger partial charge on any atom is 0.191 e. The first-order valence-corrected chi connectivity index (χ1v) is 9.09. The molecule has 2 aromatic carbocycles. The molecule has 5 nitrogen and oxygen atoms in total. The number of nitrogens with one attached hydrogen (secondary N) is 2. The minimum Gasteiger partial charge on any atom is -0.356 e. The number of hydrogen-bond acceptors (Lipinski definition) is 2. The van der Waals surface area contributed by atoms with E-state index < -0.39 is 0 Å². The molecule has 0 atom stereocenters. The van der Waals surface area contributed by atoms with E-state index in [-0.39, 0.29) is 24.0 Å². The highest BCUT2D eigenvalue weighted by Gasteiger charge is 2.02. The van der Waals surface area contributed by atoms with E-state index in [2.05, 4.69) is 80.9 Å². The standard InChI is InChI=1S/C21H27N5.HI/c1-16-13-17(2)26(25-16)12-6-11-23-21(22-3)24-15-18-9-10-19-7-4-5-8-20(19)14-18;/h4-5,7-10,13-14H,6,11-12,15H2,1-3H3,(H2,22,23,24);1H. The van der Waals surface area contributed by atoms with E-state index in [1.165, 1.54) is 22.0 Å². The smallest absolute Gasteiger partial charge is 0.191 e. The van der Waals surface area contributed by atoms with Crippen LogP contribution in [0.2, 0.25) is 0 Å². The lowest BCUT2D eigenvalue weighted by atomic mass is 10.1. The number of hydrogen-bond donors (Lipinski definition) is 2. The monoisotopic (exact) mass is 477 g/mol. The van der Waals surface area contributed by atoms with E-state index in [9.17, 15) is 0 Å². The number of aromatic nitrogens is 2. The zero-order valence-corrected chi connectivity index (χ0v) is 18.5. The Morgan fingerprint density at radius 2 is 1.81 bits per heavy atom. The maximum absolute atomic E-state index is 4.49. The van der Waals surface area contributed by atoms with Crippen molar-refractivity contribution in [2.75, 3.05) is 13.6 Å². The molecule has 1 heterocycles. The molecule has 3 aromatic rings. The summed E-state index contributed by atoms with van der Waals surface area (Å²) >= 11 is 0. The molecule has 0 amide bonds. The van der Waals surface area contributed by atoms with Crippen molar-refractivity contribution < 1.29 is 0 Å². The Morgan fingerprint density at radius 3 is 2.52 bits per heavy atom. The van der Waals surface area contributed by atoms with E-state index >= 15 is 0 Å². The first kappa shape index (κ1) is 21.2. The first-order valence-electron chi connectivity index (χ1n) is 9.09. The van der Waals surface area contributed by atoms with Crippen LogP contribution in [-0.2, 0) is 13.1 Å². The van der Waals surface area contributed by atoms with Crippen molar-refractivity contribution in [1.82, 2.24) is 20.4 Å². The third-order valence-electron chi connectivity index (χ3n) is 4.44. The van der Waals surface area contributed by atoms with Crippen LogP contribution in [0, 0.1) is 13.8 Å². The van der Waals surface area contributed by atoms with Crippen molar-refractivity contribution >= 4 is 40.7 Å². The Morgan fingerprint density at radius 1 is 1.04 bits per heavy atom. The lowest BCUT2D eigenvalue weighted by Gasteiger charge is -2.12. The van der Waals surface area contributed by atoms with Crippen LogP contribution >= 0.6 is 24.0 Å². The van der Waals surface area contributed by atoms with Gasteiger partial charge in [-0.2, -0.15) is 5.10 Å². The maximum atomic E-state index is 4.49. The summed E-state index contributed by atoms with van der Waals surface area (Å²) in [6, 6.07) is 17.1. The highest BCUT2D eigenvalue weighted by molar-refractivity contribution is 14.0. The Hall–Kier alpha value is -2.09. The number of benzene rings is 2. The van der Waals surface area contributed by atoms with Crippen LogP contribution in [-0.4, -0.2) is 29.3 Å². The Kier molecular flexibility index (Phi) is 8.09. The highest BCUT2D eigenvalue weighted by atomic mass is 127. The number of fused-ring (bicyclic) bond motifs is 1. The minimum absolute atomic E-state index is 0. The quantitative estimate of drug-likeness (QED) is 0.244. The lowest BCUT2D eigenvalue weighted by Crippen LogP contribution is -2.37. The Bertz CT molecular complexity index is 900. The van der Waals surface area contributed by atoms with E-state index in [0.29, 0.717) is 0 Å². The fraction of sp³-hybridized carbons (Fsp3) is 0.333. The number of aryl methyl sites for hydroxylation is 3. The molecular formula is C21H28IN5. The van der Waals surface area contributed by atoms with Crippen molar-refractivity contribution in [3.8, 4) is 0 Å². The first-order chi connectivity index (χ1) is 12.7. The predicted molar refractivity (Wildman–Crippen MR) is 124 cm³/mol. The van der Waals surface area contributed by atoms with Gasteiger partial charge >= 0.3 is 0 Å². The van der Waals surface area contributed by atoms with Gasteiger partial charge in [0.25, 0.3) is 0 Å². The largest absolute Gasteiger partial charge is 0.356 e. The molecular weight excluding hydrogens is 449 g/mol. The fourth-order valence-corrected chi connectivity index (χ4v) is 3.09. The van der Waals surface area contributed by atoms with Gasteiger partial charge in [0.2, 0.25) is 0 Å². The summed E-state index contributed by atoms with van der Waals surface area (Å²) < 4.78 is 2.06. The summed E-state index contributed by atoms with van der Waals surface area (Å²) in [6.45, 7) is 6.64. The molecule has 27 heavy (non-hydrogen) atoms. The SMILES string of the molecule is CN=C(NCCCn1nc(C)cc1C)NCc1ccc2ccccc2c1.I. The van der Waals surface area contributed by atoms with Gasteiger partial charge in [0, 0.05) is 32.4 Å². The van der Waals surface area contributed by atoms with E-state index in [1.807, 2.05) is 6.92 Å². The molecule has 2 N–H and O–H groups in total. The number of halogens is 1. The van der Waals surface area contributed by atoms with E-state index in [1.54, 1.807) is 7.05 Å². The Balaban J connectivity index is 0.00000261. The third kappa shape index (κ3) is 5.95. The summed E-state index contributed by atoms with van der Waals surface area (Å²) in [7, 11) is 1.80. The van der Waals surface area contributed by atoms with Crippen LogP contribution in [0.25, 0.3) is 10.8 Å². The van der Waals surface area contributed by atoms with Crippen LogP contribution in [0.15, 0.2) is 53.5 Å². The molecule has 144 valence electrons. The highest BCUT2D eigenvalue weighted by Crippen LogP contribution is 2.15. The molecule has 0 fully saturated rings. The molecule has 0 aliphatic heterocycles. The van der Waals surface area contributed by atoms with Crippen molar-refractivity contribution in [2.45, 2.75) is 33.4 Å². The molecule has 0 saturated carbocycles. The molecule has 0 saturated heterocycles. The summed E-state index contributed by atoms with van der Waals surface area (Å²) in [5, 5.41) is 13.8. The van der Waals surface area contributed by atoms with Crippen molar-refractivity contribution in [3.63, 3.8) is 0 Å². The van der Waals surface area contributed by atoms with Crippen LogP contribution in [0.4, 0.5) is 0 Å². The zero-order valence-electron chi connectivity index (χ0n) is 16.2. The average Bonchev–Trinajstić information content (AvgIpc) is 2.98. The van der Waals surface area contributed by atoms with Crippen molar-refractivity contribution in [2.24, 2.45) is 4.99 Å². The number of rotatable bonds is 6. The average molecular weight is 477 g/mol. The van der Waals surface area contributed by atoms with Gasteiger partial charge in [-0.3, -0.25) is 9.67 Å². The molecule has 3 rings (SSSR count). The van der Waals surface area contributed by atoms with Gasteiger partial charge in [0.05, 0.1) is 5.69 Å². The topological polar surface area (TPSA) is 54.2 Å². The molecule has 0 spiro atoms. The molecule has 0 bridgehead atoms. The molecule has 1 aromatic heterocycles. The van der Waals surface area contributed by atoms with Gasteiger partial charge in [-0.1, -0.05) is 36.4 Å². The Labute approximate surface area is 178 Å².